The summed E-state index contributed by atoms with van der Waals surface area (Å²) in [5.74, 6) is 3.93. The lowest BCUT2D eigenvalue weighted by Crippen LogP contribution is -2.41. The SMILES string of the molecule is CC1(C)OB(c2ccc(O)cc2)OC1(C)C.CCOC(OCC)C(=O)Cc1ccc(C)cc1.COCCCBr.COCCCOc1ccc(-c2cn3c(O)c(Cc4ccc(O)cc4)nc3c(Cc3ccccc3)n2)cc1.COCCCOc1ccc(-c2cnc(N)c(Cc3ccccc3)n2)cc1.COCCCOc1ccc(B2OC(C)(C)C(C)(C)O2)cc1.Nc1ncc(Br)nc1Cc1ccccc1. The molecule has 9 aromatic carbocycles. The summed E-state index contributed by atoms with van der Waals surface area (Å²) in [5, 5.41) is 31.0. The number of ether oxygens (including phenoxy) is 9. The Balaban J connectivity index is 0.000000189. The third kappa shape index (κ3) is 35.4. The van der Waals surface area contributed by atoms with Crippen LogP contribution in [0.15, 0.2) is 260 Å². The number of halogens is 2. The molecule has 732 valence electrons. The number of anilines is 2. The molecule has 0 bridgehead atoms. The zero-order valence-electron chi connectivity index (χ0n) is 82.0. The van der Waals surface area contributed by atoms with E-state index in [2.05, 4.69) is 98.8 Å². The summed E-state index contributed by atoms with van der Waals surface area (Å²) in [7, 11) is 6.10. The number of hydrogen-bond acceptors (Lipinski definition) is 25. The van der Waals surface area contributed by atoms with Gasteiger partial charge in [0, 0.05) is 142 Å². The van der Waals surface area contributed by atoms with Gasteiger partial charge >= 0.3 is 14.2 Å². The number of methoxy groups -OCH3 is 4. The number of imidazole rings is 1. The minimum atomic E-state index is -0.730. The van der Waals surface area contributed by atoms with Crippen LogP contribution in [-0.2, 0) is 83.9 Å². The van der Waals surface area contributed by atoms with E-state index in [0.29, 0.717) is 113 Å². The summed E-state index contributed by atoms with van der Waals surface area (Å²) >= 11 is 6.55. The van der Waals surface area contributed by atoms with Crippen LogP contribution in [0.2, 0.25) is 0 Å². The molecule has 2 aliphatic rings. The molecule has 138 heavy (non-hydrogen) atoms. The normalized spacial score (nSPS) is 13.4. The Hall–Kier alpha value is -11.5. The van der Waals surface area contributed by atoms with Crippen molar-refractivity contribution in [2.24, 2.45) is 0 Å². The average molecular weight is 2010 g/mol. The van der Waals surface area contributed by atoms with E-state index in [-0.39, 0.29) is 59.8 Å². The number of hydrogen-bond donors (Lipinski definition) is 5. The summed E-state index contributed by atoms with van der Waals surface area (Å²) in [6, 6.07) is 75.6. The summed E-state index contributed by atoms with van der Waals surface area (Å²) in [6.07, 6.45) is 10.8. The van der Waals surface area contributed by atoms with Crippen LogP contribution < -0.4 is 36.6 Å². The highest BCUT2D eigenvalue weighted by Gasteiger charge is 2.53. The molecule has 2 fully saturated rings. The van der Waals surface area contributed by atoms with Crippen molar-refractivity contribution >= 4 is 80.1 Å². The molecule has 0 radical (unpaired) electrons. The molecule has 30 heteroatoms. The van der Waals surface area contributed by atoms with Crippen molar-refractivity contribution in [3.63, 3.8) is 0 Å². The van der Waals surface area contributed by atoms with Crippen molar-refractivity contribution < 1.29 is 81.4 Å². The van der Waals surface area contributed by atoms with Crippen LogP contribution in [0.1, 0.15) is 151 Å². The van der Waals surface area contributed by atoms with Gasteiger partial charge in [-0.3, -0.25) is 9.20 Å². The van der Waals surface area contributed by atoms with Gasteiger partial charge in [-0.15, -0.1) is 0 Å². The Morgan fingerprint density at radius 3 is 1.19 bits per heavy atom. The van der Waals surface area contributed by atoms with Gasteiger partial charge in [0.2, 0.25) is 12.2 Å². The fourth-order valence-corrected chi connectivity index (χ4v) is 14.1. The van der Waals surface area contributed by atoms with Gasteiger partial charge in [-0.25, -0.2) is 29.9 Å². The smallest absolute Gasteiger partial charge is 0.494 e. The number of ketones is 1. The van der Waals surface area contributed by atoms with Crippen LogP contribution in [0.4, 0.5) is 11.6 Å². The molecule has 0 saturated carbocycles. The van der Waals surface area contributed by atoms with Gasteiger partial charge in [-0.2, -0.15) is 0 Å². The fraction of sp³-hybridized carbons (Fsp3) is 0.361. The first-order chi connectivity index (χ1) is 66.4. The molecule has 2 aliphatic heterocycles. The highest BCUT2D eigenvalue weighted by Crippen LogP contribution is 2.39. The van der Waals surface area contributed by atoms with E-state index in [0.717, 1.165) is 128 Å². The number of aromatic hydroxyl groups is 3. The molecular weight excluding hydrogens is 1880 g/mol. The number of Topliss-reactive ketones (excluding diaryl/α,β-unsaturated/α-hetero) is 1. The summed E-state index contributed by atoms with van der Waals surface area (Å²) < 4.78 is 73.7. The number of carbonyl (C=O) groups is 1. The second-order valence-corrected chi connectivity index (χ2v) is 36.1. The number of nitrogens with zero attached hydrogens (tertiary/aromatic N) is 7. The molecule has 0 aliphatic carbocycles. The van der Waals surface area contributed by atoms with E-state index in [1.165, 1.54) is 11.1 Å². The fourth-order valence-electron chi connectivity index (χ4n) is 13.6. The summed E-state index contributed by atoms with van der Waals surface area (Å²) in [6.45, 7) is 27.8. The highest BCUT2D eigenvalue weighted by molar-refractivity contribution is 9.10. The molecule has 2 saturated heterocycles. The van der Waals surface area contributed by atoms with Gasteiger partial charge < -0.3 is 88.0 Å². The predicted molar refractivity (Wildman–Crippen MR) is 554 cm³/mol. The van der Waals surface area contributed by atoms with E-state index in [4.69, 9.17) is 87.7 Å². The zero-order valence-corrected chi connectivity index (χ0v) is 85.2. The number of rotatable bonds is 37. The molecule has 4 aromatic heterocycles. The minimum Gasteiger partial charge on any atom is -0.508 e. The van der Waals surface area contributed by atoms with E-state index < -0.39 is 6.29 Å². The molecular formula is C108H133B2Br2N9O17. The van der Waals surface area contributed by atoms with Gasteiger partial charge in [0.15, 0.2) is 11.4 Å². The van der Waals surface area contributed by atoms with Crippen LogP contribution in [0.25, 0.3) is 28.2 Å². The van der Waals surface area contributed by atoms with Crippen LogP contribution in [0, 0.1) is 6.92 Å². The van der Waals surface area contributed by atoms with Crippen molar-refractivity contribution in [3.05, 3.63) is 316 Å². The Morgan fingerprint density at radius 2 is 0.775 bits per heavy atom. The number of nitrogen functional groups attached to an aromatic ring is 2. The Morgan fingerprint density at radius 1 is 0.420 bits per heavy atom. The third-order valence-electron chi connectivity index (χ3n) is 22.7. The predicted octanol–water partition coefficient (Wildman–Crippen LogP) is 19.6. The van der Waals surface area contributed by atoms with Crippen LogP contribution >= 0.6 is 31.9 Å². The maximum absolute atomic E-state index is 11.9. The number of alkyl halides is 1. The molecule has 26 nitrogen and oxygen atoms in total. The quantitative estimate of drug-likeness (QED) is 0.0104. The van der Waals surface area contributed by atoms with E-state index in [1.54, 1.807) is 69.5 Å². The number of fused-ring (bicyclic) bond motifs is 1. The number of aryl methyl sites for hydroxylation is 1. The van der Waals surface area contributed by atoms with Crippen LogP contribution in [0.3, 0.4) is 0 Å². The third-order valence-corrected chi connectivity index (χ3v) is 23.6. The molecule has 13 aromatic rings. The number of phenols is 2. The molecule has 0 atom stereocenters. The minimum absolute atomic E-state index is 0.0300. The largest absolute Gasteiger partial charge is 0.508 e. The van der Waals surface area contributed by atoms with Crippen LogP contribution in [0.5, 0.6) is 34.6 Å². The number of phenolic OH excluding ortho intramolecular Hbond substituents is 2. The van der Waals surface area contributed by atoms with Gasteiger partial charge in [-0.05, 0) is 222 Å². The van der Waals surface area contributed by atoms with Crippen molar-refractivity contribution in [3.8, 4) is 57.1 Å². The van der Waals surface area contributed by atoms with Crippen molar-refractivity contribution in [1.29, 1.82) is 0 Å². The number of benzene rings is 9. The number of nitrogens with two attached hydrogens (primary N) is 2. The molecule has 6 heterocycles. The van der Waals surface area contributed by atoms with Crippen molar-refractivity contribution in [1.82, 2.24) is 34.3 Å². The highest BCUT2D eigenvalue weighted by atomic mass is 79.9. The first-order valence-electron chi connectivity index (χ1n) is 46.3. The van der Waals surface area contributed by atoms with Crippen molar-refractivity contribution in [2.45, 2.75) is 163 Å². The molecule has 0 unspecified atom stereocenters. The average Bonchev–Trinajstić information content (AvgIpc) is 1.63. The Kier molecular flexibility index (Phi) is 45.1. The molecule has 15 rings (SSSR count). The van der Waals surface area contributed by atoms with Gasteiger partial charge in [0.1, 0.15) is 50.7 Å². The van der Waals surface area contributed by atoms with E-state index >= 15 is 0 Å². The first kappa shape index (κ1) is 110. The lowest BCUT2D eigenvalue weighted by Gasteiger charge is -2.32. The topological polar surface area (TPSA) is 332 Å². The van der Waals surface area contributed by atoms with Crippen molar-refractivity contribution in [2.75, 3.05) is 105 Å². The monoisotopic (exact) mass is 2010 g/mol. The Labute approximate surface area is 830 Å². The van der Waals surface area contributed by atoms with E-state index in [1.807, 2.05) is 243 Å². The molecule has 0 spiro atoms. The van der Waals surface area contributed by atoms with Gasteiger partial charge in [0.25, 0.3) is 0 Å². The van der Waals surface area contributed by atoms with E-state index in [9.17, 15) is 20.1 Å². The molecule has 0 amide bonds. The maximum Gasteiger partial charge on any atom is 0.494 e. The number of carbonyl (C=O) groups excluding carboxylic acids is 1. The molecule has 7 N–H and O–H groups in total. The Bertz CT molecular complexity index is 5690. The number of aromatic nitrogens is 7. The summed E-state index contributed by atoms with van der Waals surface area (Å²) in [5.41, 5.74) is 25.9. The standard InChI is InChI=1S/C30H29N3O4.C21H23N3O2.C16H25BO4.C14H20O3.C12H17BO3.C11H10BrN3.C4H9BrO/c1-36-16-5-17-37-25-14-10-23(11-15-25)28-20-33-29(26(31-28)18-21-6-3-2-4-7-21)32-27(30(33)35)19-22-8-12-24(34)13-9-22;1-25-12-5-13-26-18-10-8-17(9-11-18)20-15-23-21(22)19(24-20)14-16-6-3-2-4-7-16;1-15(2)16(3,4)21-17(20-15)13-7-9-14(10-8-13)19-12-6-11-18-5;1-4-16-14(17-5-2)13(15)10-12-8-6-11(3)7-9-12;1-11(2)12(3,4)16-13(15-11)9-5-7-10(14)8-6-9;12-10-7-14-11(13)9(15-10)6-8-4-2-1-3-5-8;1-6-4-2-3-5/h2-4,6-15,20,34-35H,5,16-19H2,1H3;2-4,6-11,15H,5,12-14H2,1H3,(H2,22,23);7-10H,6,11-12H2,1-5H3;6-9,14H,4-5,10H2,1-3H3;5-8,14H,1-4H3;1-5,7H,6H2,(H2,13,14);2-4H2,1H3. The second-order valence-electron chi connectivity index (χ2n) is 34.5. The summed E-state index contributed by atoms with van der Waals surface area (Å²) in [4.78, 5) is 39.0. The zero-order chi connectivity index (χ0) is 99.5. The van der Waals surface area contributed by atoms with Crippen LogP contribution in [-0.4, -0.2) is 192 Å². The van der Waals surface area contributed by atoms with Gasteiger partial charge in [0.05, 0.1) is 83.1 Å². The lowest BCUT2D eigenvalue weighted by atomic mass is 9.79. The van der Waals surface area contributed by atoms with Gasteiger partial charge in [-0.1, -0.05) is 173 Å². The lowest BCUT2D eigenvalue weighted by molar-refractivity contribution is -0.167. The maximum atomic E-state index is 11.9. The first-order valence-corrected chi connectivity index (χ1v) is 48.2. The second kappa shape index (κ2) is 56.5.